The maximum atomic E-state index is 8.89. The lowest BCUT2D eigenvalue weighted by Crippen LogP contribution is -2.08. The molecule has 3 heteroatoms. The van der Waals surface area contributed by atoms with Crippen LogP contribution in [-0.4, -0.2) is 22.4 Å². The molecule has 1 aromatic heterocycles. The van der Waals surface area contributed by atoms with Crippen LogP contribution in [0, 0.1) is 0 Å². The Hall–Kier alpha value is -0.800. The molecule has 0 bridgehead atoms. The van der Waals surface area contributed by atoms with Gasteiger partial charge in [0, 0.05) is 25.5 Å². The van der Waals surface area contributed by atoms with Gasteiger partial charge >= 0.3 is 0 Å². The van der Waals surface area contributed by atoms with Crippen molar-refractivity contribution >= 4 is 0 Å². The Labute approximate surface area is 84.3 Å². The van der Waals surface area contributed by atoms with Crippen LogP contribution in [0.3, 0.4) is 0 Å². The highest BCUT2D eigenvalue weighted by atomic mass is 16.5. The van der Waals surface area contributed by atoms with Gasteiger partial charge in [0.05, 0.1) is 12.7 Å². The van der Waals surface area contributed by atoms with E-state index in [1.54, 1.807) is 0 Å². The van der Waals surface area contributed by atoms with Crippen LogP contribution in [0.1, 0.15) is 24.8 Å². The van der Waals surface area contributed by atoms with Crippen molar-refractivity contribution in [2.24, 2.45) is 0 Å². The van der Waals surface area contributed by atoms with Gasteiger partial charge in [0.25, 0.3) is 0 Å². The Morgan fingerprint density at radius 2 is 2.50 bits per heavy atom. The normalized spacial score (nSPS) is 21.6. The molecule has 1 aromatic rings. The van der Waals surface area contributed by atoms with E-state index in [-0.39, 0.29) is 6.61 Å². The fourth-order valence-electron chi connectivity index (χ4n) is 1.89. The molecule has 0 aliphatic carbocycles. The number of rotatable bonds is 4. The molecule has 78 valence electrons. The summed E-state index contributed by atoms with van der Waals surface area (Å²) in [6.07, 6.45) is 7.96. The van der Waals surface area contributed by atoms with Gasteiger partial charge in [-0.1, -0.05) is 0 Å². The lowest BCUT2D eigenvalue weighted by molar-refractivity contribution is 0.100. The van der Waals surface area contributed by atoms with E-state index in [0.717, 1.165) is 25.1 Å². The van der Waals surface area contributed by atoms with Crippen molar-refractivity contribution in [3.05, 3.63) is 24.0 Å². The fraction of sp³-hybridized carbons (Fsp3) is 0.636. The van der Waals surface area contributed by atoms with Crippen molar-refractivity contribution in [2.45, 2.75) is 38.5 Å². The zero-order valence-electron chi connectivity index (χ0n) is 8.35. The van der Waals surface area contributed by atoms with E-state index in [9.17, 15) is 0 Å². The largest absolute Gasteiger partial charge is 0.392 e. The molecule has 3 nitrogen and oxygen atoms in total. The minimum atomic E-state index is 0.132. The van der Waals surface area contributed by atoms with Crippen molar-refractivity contribution in [2.75, 3.05) is 6.61 Å². The summed E-state index contributed by atoms with van der Waals surface area (Å²) in [5, 5.41) is 8.89. The zero-order chi connectivity index (χ0) is 9.80. The third-order valence-corrected chi connectivity index (χ3v) is 2.73. The third kappa shape index (κ3) is 2.36. The Morgan fingerprint density at radius 3 is 3.14 bits per heavy atom. The van der Waals surface area contributed by atoms with E-state index < -0.39 is 0 Å². The molecule has 2 rings (SSSR count). The van der Waals surface area contributed by atoms with Gasteiger partial charge < -0.3 is 14.4 Å². The highest BCUT2D eigenvalue weighted by Gasteiger charge is 2.14. The van der Waals surface area contributed by atoms with Crippen LogP contribution in [0.25, 0.3) is 0 Å². The molecule has 1 aliphatic heterocycles. The maximum absolute atomic E-state index is 8.89. The van der Waals surface area contributed by atoms with Crippen molar-refractivity contribution in [3.63, 3.8) is 0 Å². The van der Waals surface area contributed by atoms with Gasteiger partial charge in [-0.15, -0.1) is 0 Å². The molecule has 1 atom stereocenters. The number of hydrogen-bond acceptors (Lipinski definition) is 2. The summed E-state index contributed by atoms with van der Waals surface area (Å²) in [5.74, 6) is 0. The minimum absolute atomic E-state index is 0.132. The molecule has 1 fully saturated rings. The van der Waals surface area contributed by atoms with E-state index in [4.69, 9.17) is 9.84 Å². The van der Waals surface area contributed by atoms with E-state index >= 15 is 0 Å². The molecule has 0 radical (unpaired) electrons. The van der Waals surface area contributed by atoms with E-state index in [2.05, 4.69) is 4.57 Å². The molecule has 0 saturated carbocycles. The Balaban J connectivity index is 1.79. The molecule has 1 aliphatic rings. The Morgan fingerprint density at radius 1 is 1.57 bits per heavy atom. The molecule has 1 unspecified atom stereocenters. The van der Waals surface area contributed by atoms with Crippen molar-refractivity contribution in [1.29, 1.82) is 0 Å². The Bertz CT molecular complexity index is 277. The molecular weight excluding hydrogens is 178 g/mol. The average molecular weight is 195 g/mol. The van der Waals surface area contributed by atoms with Gasteiger partial charge in [-0.05, 0) is 30.9 Å². The number of nitrogens with zero attached hydrogens (tertiary/aromatic N) is 1. The summed E-state index contributed by atoms with van der Waals surface area (Å²) in [7, 11) is 0. The standard InChI is InChI=1S/C11H17NO2/c13-9-10-3-5-12(8-10)6-4-11-2-1-7-14-11/h3,5,8,11,13H,1-2,4,6-7,9H2. The summed E-state index contributed by atoms with van der Waals surface area (Å²) >= 11 is 0. The lowest BCUT2D eigenvalue weighted by Gasteiger charge is -2.09. The monoisotopic (exact) mass is 195 g/mol. The van der Waals surface area contributed by atoms with Gasteiger partial charge in [0.1, 0.15) is 0 Å². The highest BCUT2D eigenvalue weighted by Crippen LogP contribution is 2.16. The molecule has 0 spiro atoms. The number of aromatic nitrogens is 1. The fourth-order valence-corrected chi connectivity index (χ4v) is 1.89. The van der Waals surface area contributed by atoms with Crippen LogP contribution in [0.4, 0.5) is 0 Å². The number of aliphatic hydroxyl groups is 1. The molecule has 2 heterocycles. The molecule has 1 saturated heterocycles. The second kappa shape index (κ2) is 4.62. The second-order valence-corrected chi connectivity index (χ2v) is 3.84. The van der Waals surface area contributed by atoms with Crippen LogP contribution < -0.4 is 0 Å². The number of aliphatic hydroxyl groups excluding tert-OH is 1. The van der Waals surface area contributed by atoms with Crippen LogP contribution in [-0.2, 0) is 17.9 Å². The topological polar surface area (TPSA) is 34.4 Å². The van der Waals surface area contributed by atoms with Crippen LogP contribution in [0.2, 0.25) is 0 Å². The molecule has 0 amide bonds. The summed E-state index contributed by atoms with van der Waals surface area (Å²) in [6.45, 7) is 2.05. The van der Waals surface area contributed by atoms with Gasteiger partial charge in [-0.25, -0.2) is 0 Å². The van der Waals surface area contributed by atoms with Gasteiger partial charge in [-0.3, -0.25) is 0 Å². The first-order chi connectivity index (χ1) is 6.88. The number of hydrogen-bond donors (Lipinski definition) is 1. The lowest BCUT2D eigenvalue weighted by atomic mass is 10.2. The van der Waals surface area contributed by atoms with E-state index in [0.29, 0.717) is 6.10 Å². The van der Waals surface area contributed by atoms with Crippen molar-refractivity contribution in [3.8, 4) is 0 Å². The summed E-state index contributed by atoms with van der Waals surface area (Å²) < 4.78 is 7.66. The zero-order valence-corrected chi connectivity index (χ0v) is 8.35. The predicted molar refractivity (Wildman–Crippen MR) is 53.9 cm³/mol. The van der Waals surface area contributed by atoms with Crippen molar-refractivity contribution < 1.29 is 9.84 Å². The smallest absolute Gasteiger partial charge is 0.0696 e. The molecule has 1 N–H and O–H groups in total. The quantitative estimate of drug-likeness (QED) is 0.791. The molecular formula is C11H17NO2. The van der Waals surface area contributed by atoms with Gasteiger partial charge in [0.15, 0.2) is 0 Å². The minimum Gasteiger partial charge on any atom is -0.392 e. The second-order valence-electron chi connectivity index (χ2n) is 3.84. The first kappa shape index (κ1) is 9.74. The van der Waals surface area contributed by atoms with Crippen LogP contribution in [0.5, 0.6) is 0 Å². The van der Waals surface area contributed by atoms with Gasteiger partial charge in [-0.2, -0.15) is 0 Å². The number of ether oxygens (including phenoxy) is 1. The molecule has 14 heavy (non-hydrogen) atoms. The summed E-state index contributed by atoms with van der Waals surface area (Å²) in [5.41, 5.74) is 0.984. The van der Waals surface area contributed by atoms with Crippen LogP contribution >= 0.6 is 0 Å². The molecule has 0 aromatic carbocycles. The highest BCUT2D eigenvalue weighted by molar-refractivity contribution is 5.08. The maximum Gasteiger partial charge on any atom is 0.0696 e. The first-order valence-electron chi connectivity index (χ1n) is 5.25. The third-order valence-electron chi connectivity index (χ3n) is 2.73. The van der Waals surface area contributed by atoms with Crippen LogP contribution in [0.15, 0.2) is 18.5 Å². The Kier molecular flexibility index (Phi) is 3.22. The SMILES string of the molecule is OCc1ccn(CCC2CCCO2)c1. The summed E-state index contributed by atoms with van der Waals surface area (Å²) in [6, 6.07) is 1.95. The number of aryl methyl sites for hydroxylation is 1. The summed E-state index contributed by atoms with van der Waals surface area (Å²) in [4.78, 5) is 0. The van der Waals surface area contributed by atoms with E-state index in [1.165, 1.54) is 12.8 Å². The average Bonchev–Trinajstić information content (AvgIpc) is 2.86. The van der Waals surface area contributed by atoms with Crippen molar-refractivity contribution in [1.82, 2.24) is 4.57 Å². The van der Waals surface area contributed by atoms with Gasteiger partial charge in [0.2, 0.25) is 0 Å². The van der Waals surface area contributed by atoms with E-state index in [1.807, 2.05) is 18.5 Å². The predicted octanol–water partition coefficient (Wildman–Crippen LogP) is 1.55. The first-order valence-corrected chi connectivity index (χ1v) is 5.25.